The summed E-state index contributed by atoms with van der Waals surface area (Å²) in [6.45, 7) is 8.51. The number of pyridine rings is 1. The molecule has 1 aromatic carbocycles. The van der Waals surface area contributed by atoms with E-state index in [0.29, 0.717) is 40.6 Å². The number of hydrogen-bond acceptors (Lipinski definition) is 5. The van der Waals surface area contributed by atoms with Gasteiger partial charge in [-0.25, -0.2) is 9.78 Å². The van der Waals surface area contributed by atoms with Crippen LogP contribution in [0, 0.1) is 13.8 Å². The molecule has 33 heavy (non-hydrogen) atoms. The number of amides is 4. The highest BCUT2D eigenvalue weighted by molar-refractivity contribution is 7.21. The summed E-state index contributed by atoms with van der Waals surface area (Å²) in [5.41, 5.74) is 4.06. The van der Waals surface area contributed by atoms with E-state index in [4.69, 9.17) is 0 Å². The largest absolute Gasteiger partial charge is 0.347 e. The van der Waals surface area contributed by atoms with Crippen molar-refractivity contribution in [2.75, 3.05) is 23.3 Å². The molecular formula is C24H23N5O3S. The Morgan fingerprint density at radius 3 is 2.85 bits per heavy atom. The molecule has 2 aliphatic heterocycles. The van der Waals surface area contributed by atoms with Crippen LogP contribution in [0.25, 0.3) is 10.2 Å². The molecule has 5 rings (SSSR count). The Balaban J connectivity index is 1.49. The average Bonchev–Trinajstić information content (AvgIpc) is 3.40. The molecule has 4 amide bonds. The van der Waals surface area contributed by atoms with Gasteiger partial charge in [0.05, 0.1) is 22.4 Å². The van der Waals surface area contributed by atoms with Crippen molar-refractivity contribution in [1.29, 1.82) is 0 Å². The third-order valence-electron chi connectivity index (χ3n) is 6.06. The van der Waals surface area contributed by atoms with Gasteiger partial charge >= 0.3 is 6.03 Å². The van der Waals surface area contributed by atoms with Crippen molar-refractivity contribution in [1.82, 2.24) is 15.2 Å². The van der Waals surface area contributed by atoms with Crippen LogP contribution in [-0.4, -0.2) is 46.9 Å². The molecule has 9 heteroatoms. The highest BCUT2D eigenvalue weighted by Gasteiger charge is 2.34. The Morgan fingerprint density at radius 1 is 1.27 bits per heavy atom. The van der Waals surface area contributed by atoms with E-state index >= 15 is 0 Å². The van der Waals surface area contributed by atoms with Crippen LogP contribution >= 0.6 is 11.3 Å². The molecule has 0 spiro atoms. The van der Waals surface area contributed by atoms with Gasteiger partial charge in [-0.05, 0) is 44.0 Å². The lowest BCUT2D eigenvalue weighted by Gasteiger charge is -2.29. The van der Waals surface area contributed by atoms with Crippen LogP contribution in [0.1, 0.15) is 27.2 Å². The summed E-state index contributed by atoms with van der Waals surface area (Å²) in [6.07, 6.45) is 3.61. The number of rotatable bonds is 4. The van der Waals surface area contributed by atoms with Crippen molar-refractivity contribution in [2.45, 2.75) is 26.3 Å². The Kier molecular flexibility index (Phi) is 5.13. The molecule has 0 bridgehead atoms. The quantitative estimate of drug-likeness (QED) is 0.572. The van der Waals surface area contributed by atoms with E-state index in [1.54, 1.807) is 22.1 Å². The van der Waals surface area contributed by atoms with Crippen molar-refractivity contribution in [3.8, 4) is 0 Å². The van der Waals surface area contributed by atoms with Crippen molar-refractivity contribution >= 4 is 56.5 Å². The van der Waals surface area contributed by atoms with Gasteiger partial charge in [0.1, 0.15) is 9.71 Å². The predicted octanol–water partition coefficient (Wildman–Crippen LogP) is 4.11. The second-order valence-electron chi connectivity index (χ2n) is 8.32. The predicted molar refractivity (Wildman–Crippen MR) is 129 cm³/mol. The van der Waals surface area contributed by atoms with Crippen LogP contribution in [0.4, 0.5) is 21.9 Å². The standard InChI is InChI=1S/C24H23N5O3S/c1-4-18(30)28-10-8-15(12-28)26-22(31)21-20-19-17(7-9-25-23(19)33-21)29(24(32)27-20)16-6-5-13(2)11-14(16)3/h4-7,9,11,15H,1,8,10,12H2,2-3H3,(H,26,31)(H,27,32). The minimum Gasteiger partial charge on any atom is -0.347 e. The zero-order valence-corrected chi connectivity index (χ0v) is 19.2. The fraction of sp³-hybridized carbons (Fsp3) is 0.250. The molecule has 0 saturated carbocycles. The van der Waals surface area contributed by atoms with Crippen LogP contribution in [0.15, 0.2) is 43.1 Å². The first-order valence-electron chi connectivity index (χ1n) is 10.7. The maximum absolute atomic E-state index is 13.2. The number of urea groups is 1. The summed E-state index contributed by atoms with van der Waals surface area (Å²) in [5.74, 6) is -0.423. The minimum atomic E-state index is -0.321. The molecule has 8 nitrogen and oxygen atoms in total. The van der Waals surface area contributed by atoms with Crippen molar-refractivity contribution in [3.63, 3.8) is 0 Å². The van der Waals surface area contributed by atoms with Crippen LogP contribution in [0.3, 0.4) is 0 Å². The molecule has 3 aromatic rings. The molecule has 2 N–H and O–H groups in total. The van der Waals surface area contributed by atoms with E-state index in [9.17, 15) is 14.4 Å². The maximum Gasteiger partial charge on any atom is 0.331 e. The summed E-state index contributed by atoms with van der Waals surface area (Å²) < 4.78 is 0. The van der Waals surface area contributed by atoms with E-state index < -0.39 is 0 Å². The summed E-state index contributed by atoms with van der Waals surface area (Å²) in [5, 5.41) is 6.68. The summed E-state index contributed by atoms with van der Waals surface area (Å²) in [4.78, 5) is 47.1. The molecule has 0 radical (unpaired) electrons. The van der Waals surface area contributed by atoms with Gasteiger partial charge in [-0.3, -0.25) is 14.5 Å². The second-order valence-corrected chi connectivity index (χ2v) is 9.32. The van der Waals surface area contributed by atoms with Crippen LogP contribution in [0.2, 0.25) is 0 Å². The first kappa shape index (κ1) is 21.1. The fourth-order valence-electron chi connectivity index (χ4n) is 4.50. The molecule has 1 atom stereocenters. The number of thiophene rings is 1. The van der Waals surface area contributed by atoms with Gasteiger partial charge in [0.2, 0.25) is 5.91 Å². The Morgan fingerprint density at radius 2 is 2.09 bits per heavy atom. The highest BCUT2D eigenvalue weighted by atomic mass is 32.1. The summed E-state index contributed by atoms with van der Waals surface area (Å²) in [6, 6.07) is 7.25. The molecule has 1 fully saturated rings. The van der Waals surface area contributed by atoms with Gasteiger partial charge in [-0.15, -0.1) is 11.3 Å². The number of aromatic nitrogens is 1. The van der Waals surface area contributed by atoms with Crippen molar-refractivity contribution in [2.24, 2.45) is 0 Å². The Labute approximate surface area is 194 Å². The highest BCUT2D eigenvalue weighted by Crippen LogP contribution is 2.46. The number of anilines is 3. The SMILES string of the molecule is C=CC(=O)N1CCC(NC(=O)c2sc3nccc4c3c2NC(=O)N4c2ccc(C)cc2C)C1. The van der Waals surface area contributed by atoms with Crippen molar-refractivity contribution < 1.29 is 14.4 Å². The van der Waals surface area contributed by atoms with Crippen molar-refractivity contribution in [3.05, 3.63) is 59.1 Å². The van der Waals surface area contributed by atoms with E-state index in [-0.39, 0.29) is 23.9 Å². The number of aryl methyl sites for hydroxylation is 2. The van der Waals surface area contributed by atoms with E-state index in [0.717, 1.165) is 22.2 Å². The second kappa shape index (κ2) is 8.00. The molecule has 2 aliphatic rings. The fourth-order valence-corrected chi connectivity index (χ4v) is 5.52. The lowest BCUT2D eigenvalue weighted by atomic mass is 10.1. The number of nitrogens with one attached hydrogen (secondary N) is 2. The molecule has 0 aliphatic carbocycles. The lowest BCUT2D eigenvalue weighted by molar-refractivity contribution is -0.125. The summed E-state index contributed by atoms with van der Waals surface area (Å²) >= 11 is 1.25. The zero-order valence-electron chi connectivity index (χ0n) is 18.3. The molecular weight excluding hydrogens is 438 g/mol. The topological polar surface area (TPSA) is 94.6 Å². The number of hydrogen-bond donors (Lipinski definition) is 2. The minimum absolute atomic E-state index is 0.142. The third-order valence-corrected chi connectivity index (χ3v) is 7.15. The third kappa shape index (κ3) is 3.54. The maximum atomic E-state index is 13.2. The Hall–Kier alpha value is -3.72. The van der Waals surface area contributed by atoms with Gasteiger partial charge in [0, 0.05) is 25.3 Å². The van der Waals surface area contributed by atoms with Crippen LogP contribution < -0.4 is 15.5 Å². The van der Waals surface area contributed by atoms with E-state index in [2.05, 4.69) is 22.2 Å². The normalized spacial score (nSPS) is 17.3. The zero-order chi connectivity index (χ0) is 23.3. The smallest absolute Gasteiger partial charge is 0.331 e. The van der Waals surface area contributed by atoms with Gasteiger partial charge in [0.25, 0.3) is 5.91 Å². The average molecular weight is 462 g/mol. The van der Waals surface area contributed by atoms with Gasteiger partial charge in [-0.2, -0.15) is 0 Å². The molecule has 2 aromatic heterocycles. The first-order valence-corrected chi connectivity index (χ1v) is 11.5. The van der Waals surface area contributed by atoms with E-state index in [1.165, 1.54) is 17.4 Å². The monoisotopic (exact) mass is 461 g/mol. The lowest BCUT2D eigenvalue weighted by Crippen LogP contribution is -2.39. The molecule has 4 heterocycles. The molecule has 168 valence electrons. The number of likely N-dealkylation sites (tertiary alicyclic amines) is 1. The van der Waals surface area contributed by atoms with Gasteiger partial charge < -0.3 is 15.5 Å². The van der Waals surface area contributed by atoms with Crippen LogP contribution in [0.5, 0.6) is 0 Å². The number of benzene rings is 1. The first-order chi connectivity index (χ1) is 15.9. The van der Waals surface area contributed by atoms with E-state index in [1.807, 2.05) is 32.0 Å². The number of nitrogens with zero attached hydrogens (tertiary/aromatic N) is 3. The Bertz CT molecular complexity index is 1330. The molecule has 1 unspecified atom stereocenters. The molecule has 1 saturated heterocycles. The van der Waals surface area contributed by atoms with Crippen LogP contribution in [-0.2, 0) is 4.79 Å². The number of carbonyl (C=O) groups is 3. The number of carbonyl (C=O) groups excluding carboxylic acids is 3. The van der Waals surface area contributed by atoms with Gasteiger partial charge in [0.15, 0.2) is 0 Å². The van der Waals surface area contributed by atoms with Gasteiger partial charge in [-0.1, -0.05) is 24.3 Å². The summed E-state index contributed by atoms with van der Waals surface area (Å²) in [7, 11) is 0.